The van der Waals surface area contributed by atoms with Gasteiger partial charge in [-0.25, -0.2) is 13.8 Å². The molecule has 0 saturated heterocycles. The maximum atomic E-state index is 13.1. The fourth-order valence-corrected chi connectivity index (χ4v) is 2.73. The van der Waals surface area contributed by atoms with Crippen molar-refractivity contribution in [2.24, 2.45) is 0 Å². The van der Waals surface area contributed by atoms with Crippen LogP contribution < -0.4 is 4.74 Å². The molecule has 3 aromatic rings. The number of rotatable bonds is 5. The molecule has 116 valence electrons. The molecule has 2 aromatic carbocycles. The normalized spacial score (nSPS) is 10.7. The monoisotopic (exact) mass is 331 g/mol. The number of aromatic amines is 1. The molecule has 1 aromatic heterocycles. The SMILES string of the molecule is N#Cc1ccccc1OCCSc1nc2cc(F)c(F)cc2[nH]1. The van der Waals surface area contributed by atoms with Crippen LogP contribution in [0.5, 0.6) is 5.75 Å². The van der Waals surface area contributed by atoms with Crippen LogP contribution in [0.4, 0.5) is 8.78 Å². The van der Waals surface area contributed by atoms with Gasteiger partial charge < -0.3 is 9.72 Å². The van der Waals surface area contributed by atoms with E-state index in [1.807, 2.05) is 0 Å². The summed E-state index contributed by atoms with van der Waals surface area (Å²) in [6.45, 7) is 0.378. The second-order valence-electron chi connectivity index (χ2n) is 4.63. The number of hydrogen-bond acceptors (Lipinski definition) is 4. The fourth-order valence-electron chi connectivity index (χ4n) is 2.02. The molecule has 0 atom stereocenters. The van der Waals surface area contributed by atoms with Crippen molar-refractivity contribution in [1.29, 1.82) is 5.26 Å². The Hall–Kier alpha value is -2.59. The number of H-pyrrole nitrogens is 1. The molecule has 0 aliphatic rings. The molecule has 0 saturated carbocycles. The van der Waals surface area contributed by atoms with E-state index in [0.29, 0.717) is 39.9 Å². The Labute approximate surface area is 135 Å². The highest BCUT2D eigenvalue weighted by Gasteiger charge is 2.09. The maximum Gasteiger partial charge on any atom is 0.166 e. The van der Waals surface area contributed by atoms with Crippen LogP contribution in [0.15, 0.2) is 41.6 Å². The quantitative estimate of drug-likeness (QED) is 0.569. The summed E-state index contributed by atoms with van der Waals surface area (Å²) in [6.07, 6.45) is 0. The fraction of sp³-hybridized carbons (Fsp3) is 0.125. The van der Waals surface area contributed by atoms with Gasteiger partial charge in [-0.15, -0.1) is 0 Å². The molecule has 3 rings (SSSR count). The first-order valence-electron chi connectivity index (χ1n) is 6.77. The number of benzene rings is 2. The predicted molar refractivity (Wildman–Crippen MR) is 83.4 cm³/mol. The second kappa shape index (κ2) is 6.67. The molecular formula is C16H11F2N3OS. The molecule has 0 aliphatic carbocycles. The van der Waals surface area contributed by atoms with Crippen molar-refractivity contribution in [2.45, 2.75) is 5.16 Å². The molecule has 23 heavy (non-hydrogen) atoms. The van der Waals surface area contributed by atoms with Gasteiger partial charge in [0.15, 0.2) is 16.8 Å². The standard InChI is InChI=1S/C16H11F2N3OS/c17-11-7-13-14(8-12(11)18)21-16(20-13)23-6-5-22-15-4-2-1-3-10(15)9-19/h1-4,7-8H,5-6H2,(H,20,21). The number of thioether (sulfide) groups is 1. The zero-order valence-corrected chi connectivity index (χ0v) is 12.7. The van der Waals surface area contributed by atoms with Crippen LogP contribution in [0.1, 0.15) is 5.56 Å². The first-order valence-corrected chi connectivity index (χ1v) is 7.75. The zero-order valence-electron chi connectivity index (χ0n) is 11.8. The number of ether oxygens (including phenoxy) is 1. The lowest BCUT2D eigenvalue weighted by Gasteiger charge is -2.06. The van der Waals surface area contributed by atoms with Crippen LogP contribution in [0.25, 0.3) is 11.0 Å². The Morgan fingerprint density at radius 1 is 1.22 bits per heavy atom. The highest BCUT2D eigenvalue weighted by Crippen LogP contribution is 2.22. The third-order valence-electron chi connectivity index (χ3n) is 3.09. The lowest BCUT2D eigenvalue weighted by atomic mass is 10.2. The van der Waals surface area contributed by atoms with E-state index in [2.05, 4.69) is 16.0 Å². The number of fused-ring (bicyclic) bond motifs is 1. The highest BCUT2D eigenvalue weighted by molar-refractivity contribution is 7.99. The molecule has 0 amide bonds. The molecule has 0 aliphatic heterocycles. The molecule has 1 N–H and O–H groups in total. The second-order valence-corrected chi connectivity index (χ2v) is 5.71. The highest BCUT2D eigenvalue weighted by atomic mass is 32.2. The summed E-state index contributed by atoms with van der Waals surface area (Å²) < 4.78 is 31.8. The van der Waals surface area contributed by atoms with Crippen LogP contribution >= 0.6 is 11.8 Å². The van der Waals surface area contributed by atoms with Gasteiger partial charge in [0.25, 0.3) is 0 Å². The Kier molecular flexibility index (Phi) is 4.44. The number of imidazole rings is 1. The third kappa shape index (κ3) is 3.43. The zero-order chi connectivity index (χ0) is 16.2. The first-order chi connectivity index (χ1) is 11.2. The molecule has 0 bridgehead atoms. The van der Waals surface area contributed by atoms with Crippen LogP contribution in [0.3, 0.4) is 0 Å². The Morgan fingerprint density at radius 2 is 2.00 bits per heavy atom. The van der Waals surface area contributed by atoms with E-state index in [1.165, 1.54) is 11.8 Å². The summed E-state index contributed by atoms with van der Waals surface area (Å²) in [5, 5.41) is 9.52. The van der Waals surface area contributed by atoms with E-state index >= 15 is 0 Å². The number of halogens is 2. The Bertz CT molecular complexity index is 850. The van der Waals surface area contributed by atoms with E-state index in [4.69, 9.17) is 10.00 Å². The minimum Gasteiger partial charge on any atom is -0.491 e. The van der Waals surface area contributed by atoms with E-state index in [1.54, 1.807) is 24.3 Å². The van der Waals surface area contributed by atoms with Gasteiger partial charge in [-0.1, -0.05) is 23.9 Å². The number of nitrogens with one attached hydrogen (secondary N) is 1. The van der Waals surface area contributed by atoms with Gasteiger partial charge in [-0.2, -0.15) is 5.26 Å². The summed E-state index contributed by atoms with van der Waals surface area (Å²) in [5.41, 5.74) is 1.30. The molecular weight excluding hydrogens is 320 g/mol. The molecule has 0 radical (unpaired) electrons. The summed E-state index contributed by atoms with van der Waals surface area (Å²) in [7, 11) is 0. The van der Waals surface area contributed by atoms with Crippen molar-refractivity contribution >= 4 is 22.8 Å². The molecule has 1 heterocycles. The van der Waals surface area contributed by atoms with Gasteiger partial charge in [0.2, 0.25) is 0 Å². The third-order valence-corrected chi connectivity index (χ3v) is 3.93. The van der Waals surface area contributed by atoms with Crippen molar-refractivity contribution in [2.75, 3.05) is 12.4 Å². The summed E-state index contributed by atoms with van der Waals surface area (Å²) in [6, 6.07) is 11.2. The van der Waals surface area contributed by atoms with Crippen LogP contribution in [0.2, 0.25) is 0 Å². The predicted octanol–water partition coefficient (Wildman–Crippen LogP) is 3.88. The maximum absolute atomic E-state index is 13.1. The van der Waals surface area contributed by atoms with E-state index in [0.717, 1.165) is 12.1 Å². The van der Waals surface area contributed by atoms with Gasteiger partial charge in [0, 0.05) is 17.9 Å². The largest absolute Gasteiger partial charge is 0.491 e. The van der Waals surface area contributed by atoms with Crippen LogP contribution in [0, 0.1) is 23.0 Å². The van der Waals surface area contributed by atoms with Gasteiger partial charge in [0.05, 0.1) is 23.2 Å². The van der Waals surface area contributed by atoms with Gasteiger partial charge in [0.1, 0.15) is 11.8 Å². The van der Waals surface area contributed by atoms with E-state index < -0.39 is 11.6 Å². The topological polar surface area (TPSA) is 61.7 Å². The summed E-state index contributed by atoms with van der Waals surface area (Å²) in [5.74, 6) is -0.722. The number of nitriles is 1. The summed E-state index contributed by atoms with van der Waals surface area (Å²) >= 11 is 1.37. The average Bonchev–Trinajstić information content (AvgIpc) is 2.94. The molecule has 4 nitrogen and oxygen atoms in total. The van der Waals surface area contributed by atoms with Gasteiger partial charge in [-0.3, -0.25) is 0 Å². The average molecular weight is 331 g/mol. The number of aromatic nitrogens is 2. The lowest BCUT2D eigenvalue weighted by Crippen LogP contribution is -2.01. The van der Waals surface area contributed by atoms with Crippen molar-refractivity contribution in [3.63, 3.8) is 0 Å². The Balaban J connectivity index is 1.60. The molecule has 0 fully saturated rings. The lowest BCUT2D eigenvalue weighted by molar-refractivity contribution is 0.343. The number of nitrogens with zero attached hydrogens (tertiary/aromatic N) is 2. The minimum atomic E-state index is -0.919. The van der Waals surface area contributed by atoms with E-state index in [9.17, 15) is 8.78 Å². The van der Waals surface area contributed by atoms with E-state index in [-0.39, 0.29) is 0 Å². The number of hydrogen-bond donors (Lipinski definition) is 1. The van der Waals surface area contributed by atoms with Crippen LogP contribution in [-0.2, 0) is 0 Å². The first kappa shape index (κ1) is 15.3. The molecule has 7 heteroatoms. The van der Waals surface area contributed by atoms with Crippen LogP contribution in [-0.4, -0.2) is 22.3 Å². The Morgan fingerprint density at radius 3 is 2.83 bits per heavy atom. The van der Waals surface area contributed by atoms with Crippen molar-refractivity contribution in [3.8, 4) is 11.8 Å². The molecule has 0 spiro atoms. The smallest absolute Gasteiger partial charge is 0.166 e. The van der Waals surface area contributed by atoms with Crippen molar-refractivity contribution in [1.82, 2.24) is 9.97 Å². The minimum absolute atomic E-state index is 0.377. The van der Waals surface area contributed by atoms with Gasteiger partial charge in [-0.05, 0) is 12.1 Å². The number of para-hydroxylation sites is 1. The molecule has 0 unspecified atom stereocenters. The van der Waals surface area contributed by atoms with Crippen molar-refractivity contribution in [3.05, 3.63) is 53.6 Å². The summed E-state index contributed by atoms with van der Waals surface area (Å²) in [4.78, 5) is 7.11. The van der Waals surface area contributed by atoms with Crippen molar-refractivity contribution < 1.29 is 13.5 Å². The van der Waals surface area contributed by atoms with Gasteiger partial charge >= 0.3 is 0 Å².